The summed E-state index contributed by atoms with van der Waals surface area (Å²) < 4.78 is 5.18. The Kier molecular flexibility index (Phi) is 2.18. The minimum absolute atomic E-state index is 0.444. The van der Waals surface area contributed by atoms with Crippen LogP contribution in [-0.4, -0.2) is 26.5 Å². The first kappa shape index (κ1) is 8.12. The Morgan fingerprint density at radius 2 is 2.38 bits per heavy atom. The number of hydrogen-bond acceptors (Lipinski definition) is 4. The third kappa shape index (κ3) is 1.65. The summed E-state index contributed by atoms with van der Waals surface area (Å²) in [5.41, 5.74) is 1.53. The van der Waals surface area contributed by atoms with Gasteiger partial charge in [-0.05, 0) is 6.92 Å². The summed E-state index contributed by atoms with van der Waals surface area (Å²) in [7, 11) is 0. The van der Waals surface area contributed by atoms with E-state index in [-0.39, 0.29) is 0 Å². The van der Waals surface area contributed by atoms with Gasteiger partial charge in [0.2, 0.25) is 0 Å². The lowest BCUT2D eigenvalue weighted by molar-refractivity contribution is 0.128. The number of H-pyrrole nitrogens is 1. The molecule has 2 heterocycles. The fourth-order valence-corrected chi connectivity index (χ4v) is 1.03. The van der Waals surface area contributed by atoms with Crippen LogP contribution in [0.5, 0.6) is 0 Å². The van der Waals surface area contributed by atoms with E-state index in [1.54, 1.807) is 12.5 Å². The molecule has 0 aliphatic heterocycles. The number of nitrogens with one attached hydrogen (secondary N) is 1. The van der Waals surface area contributed by atoms with Gasteiger partial charge in [0.1, 0.15) is 12.1 Å². The van der Waals surface area contributed by atoms with Crippen molar-refractivity contribution in [2.75, 3.05) is 6.61 Å². The minimum Gasteiger partial charge on any atom is -0.374 e. The molecule has 0 aliphatic rings. The molecule has 0 aliphatic carbocycles. The molecule has 2 rings (SSSR count). The van der Waals surface area contributed by atoms with Crippen molar-refractivity contribution in [2.24, 2.45) is 0 Å². The SMILES string of the molecule is CCOCc1ncc2[nH]cnc2n1. The van der Waals surface area contributed by atoms with Crippen LogP contribution in [0.25, 0.3) is 11.2 Å². The van der Waals surface area contributed by atoms with Crippen molar-refractivity contribution in [3.05, 3.63) is 18.3 Å². The predicted octanol–water partition coefficient (Wildman–Crippen LogP) is 0.889. The van der Waals surface area contributed by atoms with Crippen LogP contribution in [0.3, 0.4) is 0 Å². The average Bonchev–Trinajstić information content (AvgIpc) is 2.61. The molecule has 1 N–H and O–H groups in total. The van der Waals surface area contributed by atoms with Crippen molar-refractivity contribution in [1.82, 2.24) is 19.9 Å². The second-order valence-electron chi connectivity index (χ2n) is 2.56. The zero-order valence-corrected chi connectivity index (χ0v) is 7.32. The van der Waals surface area contributed by atoms with Crippen molar-refractivity contribution < 1.29 is 4.74 Å². The lowest BCUT2D eigenvalue weighted by atomic mass is 10.5. The standard InChI is InChI=1S/C8H10N4O/c1-2-13-4-7-9-3-6-8(12-7)11-5-10-6/h3,5H,2,4H2,1H3,(H,9,10,11,12). The van der Waals surface area contributed by atoms with Crippen LogP contribution in [0.2, 0.25) is 0 Å². The molecular formula is C8H10N4O. The summed E-state index contributed by atoms with van der Waals surface area (Å²) in [4.78, 5) is 15.3. The van der Waals surface area contributed by atoms with E-state index in [1.165, 1.54) is 0 Å². The molecule has 0 saturated heterocycles. The Hall–Kier alpha value is -1.49. The number of rotatable bonds is 3. The first-order chi connectivity index (χ1) is 6.40. The lowest BCUT2D eigenvalue weighted by Crippen LogP contribution is -1.98. The second kappa shape index (κ2) is 3.49. The number of nitrogens with zero attached hydrogens (tertiary/aromatic N) is 3. The van der Waals surface area contributed by atoms with Gasteiger partial charge in [-0.1, -0.05) is 0 Å². The van der Waals surface area contributed by atoms with Gasteiger partial charge in [0.05, 0.1) is 12.5 Å². The van der Waals surface area contributed by atoms with E-state index in [4.69, 9.17) is 4.74 Å². The molecule has 0 amide bonds. The third-order valence-corrected chi connectivity index (χ3v) is 1.66. The van der Waals surface area contributed by atoms with Gasteiger partial charge in [0.25, 0.3) is 0 Å². The molecule has 0 radical (unpaired) electrons. The lowest BCUT2D eigenvalue weighted by Gasteiger charge is -1.98. The maximum Gasteiger partial charge on any atom is 0.180 e. The molecule has 0 unspecified atom stereocenters. The second-order valence-corrected chi connectivity index (χ2v) is 2.56. The van der Waals surface area contributed by atoms with Gasteiger partial charge in [-0.3, -0.25) is 0 Å². The number of aromatic amines is 1. The van der Waals surface area contributed by atoms with Gasteiger partial charge in [-0.25, -0.2) is 15.0 Å². The normalized spacial score (nSPS) is 10.8. The molecule has 0 atom stereocenters. The predicted molar refractivity (Wildman–Crippen MR) is 47.0 cm³/mol. The summed E-state index contributed by atoms with van der Waals surface area (Å²) in [6, 6.07) is 0. The average molecular weight is 178 g/mol. The number of hydrogen-bond donors (Lipinski definition) is 1. The zero-order chi connectivity index (χ0) is 9.10. The van der Waals surface area contributed by atoms with Crippen LogP contribution in [-0.2, 0) is 11.3 Å². The summed E-state index contributed by atoms with van der Waals surface area (Å²) in [5, 5.41) is 0. The van der Waals surface area contributed by atoms with Crippen molar-refractivity contribution >= 4 is 11.2 Å². The maximum atomic E-state index is 5.18. The van der Waals surface area contributed by atoms with E-state index in [1.807, 2.05) is 6.92 Å². The van der Waals surface area contributed by atoms with E-state index >= 15 is 0 Å². The van der Waals surface area contributed by atoms with Gasteiger partial charge in [-0.15, -0.1) is 0 Å². The minimum atomic E-state index is 0.444. The summed E-state index contributed by atoms with van der Waals surface area (Å²) >= 11 is 0. The van der Waals surface area contributed by atoms with Gasteiger partial charge in [-0.2, -0.15) is 0 Å². The number of aromatic nitrogens is 4. The molecule has 0 fully saturated rings. The Labute approximate surface area is 75.2 Å². The van der Waals surface area contributed by atoms with Gasteiger partial charge in [0, 0.05) is 6.61 Å². The topological polar surface area (TPSA) is 63.7 Å². The molecule has 5 nitrogen and oxygen atoms in total. The maximum absolute atomic E-state index is 5.18. The zero-order valence-electron chi connectivity index (χ0n) is 7.32. The van der Waals surface area contributed by atoms with Crippen molar-refractivity contribution in [3.63, 3.8) is 0 Å². The highest BCUT2D eigenvalue weighted by Gasteiger charge is 2.00. The quantitative estimate of drug-likeness (QED) is 0.758. The third-order valence-electron chi connectivity index (χ3n) is 1.66. The van der Waals surface area contributed by atoms with Crippen molar-refractivity contribution in [2.45, 2.75) is 13.5 Å². The highest BCUT2D eigenvalue weighted by atomic mass is 16.5. The van der Waals surface area contributed by atoms with Crippen molar-refractivity contribution in [3.8, 4) is 0 Å². The highest BCUT2D eigenvalue weighted by Crippen LogP contribution is 2.04. The Balaban J connectivity index is 2.26. The fraction of sp³-hybridized carbons (Fsp3) is 0.375. The van der Waals surface area contributed by atoms with Crippen molar-refractivity contribution in [1.29, 1.82) is 0 Å². The largest absolute Gasteiger partial charge is 0.374 e. The fourth-order valence-electron chi connectivity index (χ4n) is 1.03. The van der Waals surface area contributed by atoms with Crippen LogP contribution in [0, 0.1) is 0 Å². The summed E-state index contributed by atoms with van der Waals surface area (Å²) in [6.07, 6.45) is 3.31. The molecule has 2 aromatic heterocycles. The van der Waals surface area contributed by atoms with Crippen LogP contribution < -0.4 is 0 Å². The molecular weight excluding hydrogens is 168 g/mol. The Bertz CT molecular complexity index is 398. The molecule has 0 saturated carbocycles. The summed E-state index contributed by atoms with van der Waals surface area (Å²) in [6.45, 7) is 3.05. The van der Waals surface area contributed by atoms with E-state index in [0.717, 1.165) is 5.52 Å². The first-order valence-corrected chi connectivity index (χ1v) is 4.13. The van der Waals surface area contributed by atoms with Crippen LogP contribution >= 0.6 is 0 Å². The Morgan fingerprint density at radius 1 is 1.46 bits per heavy atom. The van der Waals surface area contributed by atoms with E-state index in [9.17, 15) is 0 Å². The highest BCUT2D eigenvalue weighted by molar-refractivity contribution is 5.67. The molecule has 0 spiro atoms. The molecule has 2 aromatic rings. The van der Waals surface area contributed by atoms with Crippen LogP contribution in [0.15, 0.2) is 12.5 Å². The van der Waals surface area contributed by atoms with E-state index in [2.05, 4.69) is 19.9 Å². The molecule has 5 heteroatoms. The number of fused-ring (bicyclic) bond motifs is 1. The molecule has 68 valence electrons. The van der Waals surface area contributed by atoms with Crippen LogP contribution in [0.1, 0.15) is 12.7 Å². The number of imidazole rings is 1. The molecule has 0 bridgehead atoms. The molecule has 13 heavy (non-hydrogen) atoms. The number of ether oxygens (including phenoxy) is 1. The molecule has 0 aromatic carbocycles. The van der Waals surface area contributed by atoms with E-state index < -0.39 is 0 Å². The van der Waals surface area contributed by atoms with E-state index in [0.29, 0.717) is 24.7 Å². The monoisotopic (exact) mass is 178 g/mol. The summed E-state index contributed by atoms with van der Waals surface area (Å²) in [5.74, 6) is 0.668. The van der Waals surface area contributed by atoms with Gasteiger partial charge in [0.15, 0.2) is 11.5 Å². The van der Waals surface area contributed by atoms with Gasteiger partial charge < -0.3 is 9.72 Å². The smallest absolute Gasteiger partial charge is 0.180 e. The Morgan fingerprint density at radius 3 is 3.23 bits per heavy atom. The van der Waals surface area contributed by atoms with Crippen LogP contribution in [0.4, 0.5) is 0 Å². The van der Waals surface area contributed by atoms with Gasteiger partial charge >= 0.3 is 0 Å². The first-order valence-electron chi connectivity index (χ1n) is 4.13.